The first-order chi connectivity index (χ1) is 15.4. The molecule has 9 nitrogen and oxygen atoms in total. The Morgan fingerprint density at radius 2 is 2.09 bits per heavy atom. The molecule has 1 amide bonds. The van der Waals surface area contributed by atoms with Crippen molar-refractivity contribution in [3.8, 4) is 5.75 Å². The Morgan fingerprint density at radius 3 is 2.88 bits per heavy atom. The zero-order chi connectivity index (χ0) is 22.7. The van der Waals surface area contributed by atoms with Gasteiger partial charge in [0.15, 0.2) is 0 Å². The van der Waals surface area contributed by atoms with Crippen LogP contribution in [0, 0.1) is 13.8 Å². The molecule has 9 heteroatoms. The fourth-order valence-electron chi connectivity index (χ4n) is 3.70. The average molecular weight is 438 g/mol. The number of rotatable bonds is 7. The maximum atomic E-state index is 13.0. The van der Waals surface area contributed by atoms with E-state index < -0.39 is 6.10 Å². The Balaban J connectivity index is 1.49. The van der Waals surface area contributed by atoms with Gasteiger partial charge in [0.25, 0.3) is 5.91 Å². The summed E-state index contributed by atoms with van der Waals surface area (Å²) in [7, 11) is 0. The lowest BCUT2D eigenvalue weighted by molar-refractivity contribution is -0.114. The van der Waals surface area contributed by atoms with Crippen LogP contribution < -0.4 is 20.8 Å². The number of amides is 1. The second-order valence-corrected chi connectivity index (χ2v) is 7.81. The lowest BCUT2D eigenvalue weighted by Crippen LogP contribution is -2.50. The molecular weight excluding hydrogens is 410 g/mol. The molecule has 0 spiro atoms. The van der Waals surface area contributed by atoms with Crippen molar-refractivity contribution >= 4 is 11.7 Å². The molecule has 32 heavy (non-hydrogen) atoms. The summed E-state index contributed by atoms with van der Waals surface area (Å²) in [5.74, 6) is 0.805. The number of carbonyl (C=O) groups excluding carboxylic acids is 1. The highest BCUT2D eigenvalue weighted by Gasteiger charge is 2.34. The summed E-state index contributed by atoms with van der Waals surface area (Å²) in [4.78, 5) is 17.3. The third-order valence-electron chi connectivity index (χ3n) is 5.16. The van der Waals surface area contributed by atoms with Gasteiger partial charge in [-0.3, -0.25) is 9.80 Å². The highest BCUT2D eigenvalue weighted by molar-refractivity contribution is 6.03. The number of fused-ring (bicyclic) bond motifs is 1. The number of hydrogen-bond donors (Lipinski definition) is 5. The van der Waals surface area contributed by atoms with Gasteiger partial charge in [-0.25, -0.2) is 10.4 Å². The van der Waals surface area contributed by atoms with Crippen LogP contribution in [0.3, 0.4) is 0 Å². The molecule has 2 unspecified atom stereocenters. The van der Waals surface area contributed by atoms with Gasteiger partial charge >= 0.3 is 0 Å². The Morgan fingerprint density at radius 1 is 1.28 bits per heavy atom. The third-order valence-corrected chi connectivity index (χ3v) is 5.16. The van der Waals surface area contributed by atoms with Gasteiger partial charge in [0, 0.05) is 17.5 Å². The second-order valence-electron chi connectivity index (χ2n) is 7.81. The number of hydrogen-bond acceptors (Lipinski definition) is 8. The number of benzene rings is 1. The van der Waals surface area contributed by atoms with E-state index in [2.05, 4.69) is 21.0 Å². The maximum Gasteiger partial charge on any atom is 0.276 e. The van der Waals surface area contributed by atoms with E-state index >= 15 is 0 Å². The van der Waals surface area contributed by atoms with E-state index in [0.29, 0.717) is 17.3 Å². The Labute approximate surface area is 186 Å². The van der Waals surface area contributed by atoms with Crippen LogP contribution in [0.1, 0.15) is 22.9 Å². The zero-order valence-electron chi connectivity index (χ0n) is 17.9. The minimum atomic E-state index is -0.956. The molecule has 4 rings (SSSR count). The molecule has 3 heterocycles. The Hall–Kier alpha value is -3.40. The van der Waals surface area contributed by atoms with Crippen molar-refractivity contribution in [1.82, 2.24) is 20.7 Å². The Kier molecular flexibility index (Phi) is 6.40. The number of ether oxygens (including phenoxy) is 1. The molecule has 1 aromatic carbocycles. The van der Waals surface area contributed by atoms with Gasteiger partial charge in [0.1, 0.15) is 36.1 Å². The number of pyridine rings is 1. The molecule has 2 aliphatic rings. The summed E-state index contributed by atoms with van der Waals surface area (Å²) in [5, 5.41) is 26.5. The van der Waals surface area contributed by atoms with Crippen molar-refractivity contribution < 1.29 is 19.7 Å². The lowest BCUT2D eigenvalue weighted by atomic mass is 10.0. The number of hydrazine groups is 1. The fraction of sp³-hybridized carbons (Fsp3) is 0.304. The van der Waals surface area contributed by atoms with Crippen molar-refractivity contribution in [3.05, 3.63) is 77.3 Å². The third kappa shape index (κ3) is 4.75. The van der Waals surface area contributed by atoms with Crippen molar-refractivity contribution in [2.24, 2.45) is 0 Å². The number of aromatic nitrogens is 1. The SMILES string of the molecule is Cc1cc(C)nc(NC(=O)C2=CNC3C=CC(c4ccccc4OC[C@H](O)CO)NN23)c1. The predicted molar refractivity (Wildman–Crippen MR) is 119 cm³/mol. The fourth-order valence-corrected chi connectivity index (χ4v) is 3.70. The summed E-state index contributed by atoms with van der Waals surface area (Å²) in [6.45, 7) is 3.45. The van der Waals surface area contributed by atoms with Crippen molar-refractivity contribution in [2.75, 3.05) is 18.5 Å². The van der Waals surface area contributed by atoms with Crippen LogP contribution in [-0.2, 0) is 4.79 Å². The minimum Gasteiger partial charge on any atom is -0.490 e. The van der Waals surface area contributed by atoms with Gasteiger partial charge in [-0.15, -0.1) is 0 Å². The molecule has 5 N–H and O–H groups in total. The van der Waals surface area contributed by atoms with Crippen LogP contribution in [0.4, 0.5) is 5.82 Å². The van der Waals surface area contributed by atoms with E-state index in [1.54, 1.807) is 17.3 Å². The number of anilines is 1. The topological polar surface area (TPSA) is 119 Å². The number of aliphatic hydroxyl groups excluding tert-OH is 2. The summed E-state index contributed by atoms with van der Waals surface area (Å²) in [5.41, 5.74) is 6.48. The van der Waals surface area contributed by atoms with Crippen LogP contribution in [0.5, 0.6) is 5.75 Å². The van der Waals surface area contributed by atoms with E-state index in [4.69, 9.17) is 9.84 Å². The molecule has 0 saturated carbocycles. The van der Waals surface area contributed by atoms with E-state index in [9.17, 15) is 9.90 Å². The molecule has 168 valence electrons. The molecule has 0 bridgehead atoms. The standard InChI is InChI=1S/C23H27N5O4/c1-14-9-15(2)25-21(10-14)26-23(31)19-11-24-22-8-7-18(27-28(19)22)17-5-3-4-6-20(17)32-13-16(30)12-29/h3-11,16,18,22,24,27,29-30H,12-13H2,1-2H3,(H,25,26,31)/t16-,18?,22?/m1/s1. The number of aryl methyl sites for hydroxylation is 2. The second kappa shape index (κ2) is 9.39. The first-order valence-corrected chi connectivity index (χ1v) is 10.4. The van der Waals surface area contributed by atoms with Gasteiger partial charge in [0.2, 0.25) is 0 Å². The van der Waals surface area contributed by atoms with Crippen LogP contribution in [0.25, 0.3) is 0 Å². The summed E-state index contributed by atoms with van der Waals surface area (Å²) in [6.07, 6.45) is 4.46. The highest BCUT2D eigenvalue weighted by Crippen LogP contribution is 2.31. The molecule has 0 radical (unpaired) electrons. The van der Waals surface area contributed by atoms with Crippen molar-refractivity contribution in [1.29, 1.82) is 0 Å². The smallest absolute Gasteiger partial charge is 0.276 e. The quantitative estimate of drug-likeness (QED) is 0.411. The lowest BCUT2D eigenvalue weighted by Gasteiger charge is -2.35. The van der Waals surface area contributed by atoms with Crippen molar-refractivity contribution in [3.63, 3.8) is 0 Å². The molecule has 0 fully saturated rings. The average Bonchev–Trinajstić information content (AvgIpc) is 3.20. The van der Waals surface area contributed by atoms with Crippen molar-refractivity contribution in [2.45, 2.75) is 32.2 Å². The molecule has 1 aromatic heterocycles. The number of para-hydroxylation sites is 1. The first kappa shape index (κ1) is 21.8. The molecular formula is C23H27N5O4. The normalized spacial score (nSPS) is 20.2. The predicted octanol–water partition coefficient (Wildman–Crippen LogP) is 1.26. The van der Waals surface area contributed by atoms with Crippen LogP contribution in [0.15, 0.2) is 60.4 Å². The van der Waals surface area contributed by atoms with Gasteiger partial charge in [-0.1, -0.05) is 24.3 Å². The largest absolute Gasteiger partial charge is 0.490 e. The maximum absolute atomic E-state index is 13.0. The van der Waals surface area contributed by atoms with E-state index in [1.807, 2.05) is 56.3 Å². The molecule has 0 saturated heterocycles. The van der Waals surface area contributed by atoms with Gasteiger partial charge in [0.05, 0.1) is 12.6 Å². The first-order valence-electron chi connectivity index (χ1n) is 10.4. The Bertz CT molecular complexity index is 1030. The number of carbonyl (C=O) groups is 1. The summed E-state index contributed by atoms with van der Waals surface area (Å²) in [6, 6.07) is 11.0. The zero-order valence-corrected chi connectivity index (χ0v) is 17.9. The molecule has 2 aliphatic heterocycles. The highest BCUT2D eigenvalue weighted by atomic mass is 16.5. The molecule has 2 aromatic rings. The van der Waals surface area contributed by atoms with Crippen LogP contribution >= 0.6 is 0 Å². The van der Waals surface area contributed by atoms with Crippen LogP contribution in [-0.4, -0.2) is 51.6 Å². The summed E-state index contributed by atoms with van der Waals surface area (Å²) < 4.78 is 5.71. The summed E-state index contributed by atoms with van der Waals surface area (Å²) >= 11 is 0. The minimum absolute atomic E-state index is 0.0195. The van der Waals surface area contributed by atoms with E-state index in [0.717, 1.165) is 16.8 Å². The number of aliphatic hydroxyl groups is 2. The van der Waals surface area contributed by atoms with E-state index in [-0.39, 0.29) is 31.3 Å². The van der Waals surface area contributed by atoms with Gasteiger partial charge in [-0.05, 0) is 43.7 Å². The number of nitrogens with zero attached hydrogens (tertiary/aromatic N) is 2. The monoisotopic (exact) mass is 437 g/mol. The molecule has 0 aliphatic carbocycles. The van der Waals surface area contributed by atoms with E-state index in [1.165, 1.54) is 0 Å². The molecule has 3 atom stereocenters. The number of nitrogens with one attached hydrogen (secondary N) is 3. The van der Waals surface area contributed by atoms with Crippen LogP contribution in [0.2, 0.25) is 0 Å². The van der Waals surface area contributed by atoms with Gasteiger partial charge in [-0.2, -0.15) is 0 Å². The van der Waals surface area contributed by atoms with Gasteiger partial charge < -0.3 is 25.6 Å².